The summed E-state index contributed by atoms with van der Waals surface area (Å²) in [6.45, 7) is 8.47. The molecule has 0 aliphatic carbocycles. The Kier molecular flexibility index (Phi) is 3.20. The lowest BCUT2D eigenvalue weighted by Gasteiger charge is -2.29. The number of ether oxygens (including phenoxy) is 1. The molecule has 1 fully saturated rings. The summed E-state index contributed by atoms with van der Waals surface area (Å²) < 4.78 is 5.47. The van der Waals surface area contributed by atoms with Gasteiger partial charge in [0.05, 0.1) is 6.61 Å². The van der Waals surface area contributed by atoms with Gasteiger partial charge in [-0.1, -0.05) is 19.1 Å². The first-order chi connectivity index (χ1) is 7.66. The molecule has 2 nitrogen and oxygen atoms in total. The minimum Gasteiger partial charge on any atom is -0.494 e. The quantitative estimate of drug-likeness (QED) is 0.844. The van der Waals surface area contributed by atoms with Crippen LogP contribution in [0.15, 0.2) is 24.3 Å². The molecule has 2 rings (SSSR count). The highest BCUT2D eigenvalue weighted by atomic mass is 16.5. The lowest BCUT2D eigenvalue weighted by atomic mass is 9.77. The van der Waals surface area contributed by atoms with Crippen LogP contribution in [-0.2, 0) is 5.41 Å². The van der Waals surface area contributed by atoms with Crippen molar-refractivity contribution in [2.75, 3.05) is 13.2 Å². The molecule has 1 N–H and O–H groups in total. The van der Waals surface area contributed by atoms with Crippen molar-refractivity contribution >= 4 is 0 Å². The molecule has 16 heavy (non-hydrogen) atoms. The standard InChI is InChI=1S/C14H21NO/c1-4-16-13-7-5-12(6-8-13)14(3)9-10-15-11(14)2/h5-8,11,15H,4,9-10H2,1-3H3. The van der Waals surface area contributed by atoms with E-state index in [1.165, 1.54) is 12.0 Å². The summed E-state index contributed by atoms with van der Waals surface area (Å²) in [5.74, 6) is 0.966. The molecule has 1 saturated heterocycles. The molecule has 0 aromatic heterocycles. The largest absolute Gasteiger partial charge is 0.494 e. The van der Waals surface area contributed by atoms with Gasteiger partial charge in [0, 0.05) is 11.5 Å². The average Bonchev–Trinajstić information content (AvgIpc) is 2.62. The van der Waals surface area contributed by atoms with Crippen molar-refractivity contribution in [3.8, 4) is 5.75 Å². The summed E-state index contributed by atoms with van der Waals surface area (Å²) in [5.41, 5.74) is 1.68. The monoisotopic (exact) mass is 219 g/mol. The normalized spacial score (nSPS) is 29.3. The van der Waals surface area contributed by atoms with E-state index in [-0.39, 0.29) is 5.41 Å². The number of hydrogen-bond donors (Lipinski definition) is 1. The van der Waals surface area contributed by atoms with Crippen LogP contribution < -0.4 is 10.1 Å². The summed E-state index contributed by atoms with van der Waals surface area (Å²) in [6.07, 6.45) is 1.21. The van der Waals surface area contributed by atoms with Crippen molar-refractivity contribution in [2.45, 2.75) is 38.6 Å². The number of nitrogens with one attached hydrogen (secondary N) is 1. The van der Waals surface area contributed by atoms with Gasteiger partial charge >= 0.3 is 0 Å². The smallest absolute Gasteiger partial charge is 0.119 e. The molecule has 0 saturated carbocycles. The Balaban J connectivity index is 2.20. The predicted octanol–water partition coefficient (Wildman–Crippen LogP) is 2.72. The third-order valence-electron chi connectivity index (χ3n) is 3.88. The van der Waals surface area contributed by atoms with Crippen LogP contribution in [0.1, 0.15) is 32.8 Å². The van der Waals surface area contributed by atoms with E-state index in [0.717, 1.165) is 18.9 Å². The zero-order chi connectivity index (χ0) is 11.6. The SMILES string of the molecule is CCOc1ccc(C2(C)CCNC2C)cc1. The fourth-order valence-electron chi connectivity index (χ4n) is 2.48. The van der Waals surface area contributed by atoms with E-state index in [9.17, 15) is 0 Å². The van der Waals surface area contributed by atoms with Gasteiger partial charge in [0.25, 0.3) is 0 Å². The number of rotatable bonds is 3. The molecule has 1 heterocycles. The second kappa shape index (κ2) is 4.46. The van der Waals surface area contributed by atoms with Gasteiger partial charge in [-0.25, -0.2) is 0 Å². The molecule has 1 aliphatic heterocycles. The van der Waals surface area contributed by atoms with E-state index in [2.05, 4.69) is 43.4 Å². The Bertz CT molecular complexity index is 346. The highest BCUT2D eigenvalue weighted by Gasteiger charge is 2.36. The fraction of sp³-hybridized carbons (Fsp3) is 0.571. The Labute approximate surface area is 98.0 Å². The van der Waals surface area contributed by atoms with E-state index in [1.54, 1.807) is 0 Å². The third-order valence-corrected chi connectivity index (χ3v) is 3.88. The topological polar surface area (TPSA) is 21.3 Å². The summed E-state index contributed by atoms with van der Waals surface area (Å²) in [7, 11) is 0. The molecule has 0 spiro atoms. The Morgan fingerprint density at radius 1 is 1.38 bits per heavy atom. The van der Waals surface area contributed by atoms with Crippen LogP contribution in [0, 0.1) is 0 Å². The first-order valence-corrected chi connectivity index (χ1v) is 6.13. The number of benzene rings is 1. The predicted molar refractivity (Wildman–Crippen MR) is 67.0 cm³/mol. The van der Waals surface area contributed by atoms with Crippen molar-refractivity contribution in [3.63, 3.8) is 0 Å². The highest BCUT2D eigenvalue weighted by molar-refractivity contribution is 5.34. The summed E-state index contributed by atoms with van der Waals surface area (Å²) in [6, 6.07) is 9.11. The van der Waals surface area contributed by atoms with Gasteiger partial charge in [0.15, 0.2) is 0 Å². The van der Waals surface area contributed by atoms with Crippen molar-refractivity contribution < 1.29 is 4.74 Å². The van der Waals surface area contributed by atoms with Gasteiger partial charge < -0.3 is 10.1 Å². The summed E-state index contributed by atoms with van der Waals surface area (Å²) >= 11 is 0. The minimum absolute atomic E-state index is 0.269. The molecule has 0 bridgehead atoms. The van der Waals surface area contributed by atoms with Crippen molar-refractivity contribution in [1.82, 2.24) is 5.32 Å². The van der Waals surface area contributed by atoms with Crippen LogP contribution in [0.5, 0.6) is 5.75 Å². The maximum atomic E-state index is 5.47. The maximum Gasteiger partial charge on any atom is 0.119 e. The van der Waals surface area contributed by atoms with Crippen LogP contribution in [0.2, 0.25) is 0 Å². The zero-order valence-corrected chi connectivity index (χ0v) is 10.4. The van der Waals surface area contributed by atoms with E-state index < -0.39 is 0 Å². The lowest BCUT2D eigenvalue weighted by molar-refractivity contribution is 0.339. The third kappa shape index (κ3) is 1.94. The van der Waals surface area contributed by atoms with Crippen molar-refractivity contribution in [1.29, 1.82) is 0 Å². The molecule has 1 aromatic rings. The molecule has 1 aromatic carbocycles. The van der Waals surface area contributed by atoms with Crippen LogP contribution in [0.25, 0.3) is 0 Å². The van der Waals surface area contributed by atoms with Crippen LogP contribution in [0.3, 0.4) is 0 Å². The Morgan fingerprint density at radius 3 is 2.56 bits per heavy atom. The van der Waals surface area contributed by atoms with Crippen LogP contribution in [-0.4, -0.2) is 19.2 Å². The molecule has 2 unspecified atom stereocenters. The lowest BCUT2D eigenvalue weighted by Crippen LogP contribution is -2.35. The molecule has 0 amide bonds. The first kappa shape index (κ1) is 11.5. The van der Waals surface area contributed by atoms with E-state index in [1.807, 2.05) is 6.92 Å². The van der Waals surface area contributed by atoms with E-state index in [0.29, 0.717) is 6.04 Å². The van der Waals surface area contributed by atoms with Gasteiger partial charge in [-0.15, -0.1) is 0 Å². The number of hydrogen-bond acceptors (Lipinski definition) is 2. The second-order valence-electron chi connectivity index (χ2n) is 4.80. The first-order valence-electron chi connectivity index (χ1n) is 6.13. The summed E-state index contributed by atoms with van der Waals surface area (Å²) in [4.78, 5) is 0. The zero-order valence-electron chi connectivity index (χ0n) is 10.4. The fourth-order valence-corrected chi connectivity index (χ4v) is 2.48. The van der Waals surface area contributed by atoms with Crippen LogP contribution >= 0.6 is 0 Å². The van der Waals surface area contributed by atoms with Crippen LogP contribution in [0.4, 0.5) is 0 Å². The molecule has 88 valence electrons. The molecule has 2 atom stereocenters. The highest BCUT2D eigenvalue weighted by Crippen LogP contribution is 2.35. The molecular formula is C14H21NO. The molecule has 1 aliphatic rings. The Morgan fingerprint density at radius 2 is 2.06 bits per heavy atom. The average molecular weight is 219 g/mol. The maximum absolute atomic E-state index is 5.47. The van der Waals surface area contributed by atoms with E-state index in [4.69, 9.17) is 4.74 Å². The van der Waals surface area contributed by atoms with Gasteiger partial charge in [-0.05, 0) is 44.5 Å². The van der Waals surface area contributed by atoms with Gasteiger partial charge in [0.1, 0.15) is 5.75 Å². The van der Waals surface area contributed by atoms with Gasteiger partial charge in [-0.3, -0.25) is 0 Å². The Hall–Kier alpha value is -1.02. The van der Waals surface area contributed by atoms with Crippen molar-refractivity contribution in [2.24, 2.45) is 0 Å². The minimum atomic E-state index is 0.269. The molecular weight excluding hydrogens is 198 g/mol. The van der Waals surface area contributed by atoms with Gasteiger partial charge in [-0.2, -0.15) is 0 Å². The summed E-state index contributed by atoms with van der Waals surface area (Å²) in [5, 5.41) is 3.52. The van der Waals surface area contributed by atoms with Gasteiger partial charge in [0.2, 0.25) is 0 Å². The molecule has 0 radical (unpaired) electrons. The van der Waals surface area contributed by atoms with E-state index >= 15 is 0 Å². The molecule has 2 heteroatoms. The second-order valence-corrected chi connectivity index (χ2v) is 4.80. The van der Waals surface area contributed by atoms with Crippen molar-refractivity contribution in [3.05, 3.63) is 29.8 Å².